The largest absolute Gasteiger partial charge is 0.495 e. The average molecular weight is 563 g/mol. The molecule has 0 fully saturated rings. The molecule has 0 saturated heterocycles. The second-order valence-electron chi connectivity index (χ2n) is 8.16. The van der Waals surface area contributed by atoms with E-state index in [4.69, 9.17) is 28.1 Å². The van der Waals surface area contributed by atoms with Crippen LogP contribution < -0.4 is 45.7 Å². The number of rotatable bonds is 13. The Kier molecular flexibility index (Phi) is 9.33. The highest BCUT2D eigenvalue weighted by molar-refractivity contribution is 5.82. The zero-order chi connectivity index (χ0) is 29.2. The molecule has 3 aromatic carbocycles. The van der Waals surface area contributed by atoms with Gasteiger partial charge in [0.2, 0.25) is 5.82 Å². The molecule has 0 unspecified atom stereocenters. The van der Waals surface area contributed by atoms with Gasteiger partial charge in [-0.2, -0.15) is 10.2 Å². The molecule has 1 aromatic heterocycles. The fourth-order valence-electron chi connectivity index (χ4n) is 3.72. The lowest BCUT2D eigenvalue weighted by Gasteiger charge is -2.12. The van der Waals surface area contributed by atoms with Crippen LogP contribution in [0.3, 0.4) is 0 Å². The predicted molar refractivity (Wildman–Crippen MR) is 157 cm³/mol. The standard InChI is InChI=1S/C28H30N6O7/c1-36-21-9-7-6-8-20(21)31-26-27(32-29-16-18-10-12-22(37-2)24(14-18)39-4)41-28(35)34(26)33-30-17-19-11-13-23(38-3)25(15-19)40-5/h6-17,31-33H,1-5H3. The van der Waals surface area contributed by atoms with E-state index >= 15 is 0 Å². The number of ether oxygens (including phenoxy) is 5. The van der Waals surface area contributed by atoms with Crippen LogP contribution in [0.25, 0.3) is 0 Å². The molecule has 13 nitrogen and oxygen atoms in total. The first kappa shape index (κ1) is 28.4. The molecule has 214 valence electrons. The van der Waals surface area contributed by atoms with Gasteiger partial charge in [-0.05, 0) is 59.7 Å². The lowest BCUT2D eigenvalue weighted by molar-refractivity contribution is 0.355. The Balaban J connectivity index is 1.63. The van der Waals surface area contributed by atoms with Crippen molar-refractivity contribution in [3.05, 3.63) is 82.3 Å². The molecular formula is C28H30N6O7. The van der Waals surface area contributed by atoms with Crippen LogP contribution in [0.1, 0.15) is 11.1 Å². The van der Waals surface area contributed by atoms with Gasteiger partial charge >= 0.3 is 5.76 Å². The molecule has 13 heteroatoms. The van der Waals surface area contributed by atoms with Crippen molar-refractivity contribution in [1.82, 2.24) is 4.68 Å². The number of hydrogen-bond acceptors (Lipinski definition) is 12. The quantitative estimate of drug-likeness (QED) is 0.160. The number of para-hydroxylation sites is 2. The third-order valence-corrected chi connectivity index (χ3v) is 5.74. The molecule has 4 rings (SSSR count). The monoisotopic (exact) mass is 562 g/mol. The predicted octanol–water partition coefficient (Wildman–Crippen LogP) is 4.25. The van der Waals surface area contributed by atoms with Crippen molar-refractivity contribution in [1.29, 1.82) is 0 Å². The first-order valence-corrected chi connectivity index (χ1v) is 12.2. The second kappa shape index (κ2) is 13.5. The summed E-state index contributed by atoms with van der Waals surface area (Å²) in [5.41, 5.74) is 7.45. The maximum absolute atomic E-state index is 12.8. The minimum absolute atomic E-state index is 0.0199. The van der Waals surface area contributed by atoms with Crippen LogP contribution in [-0.4, -0.2) is 52.7 Å². The molecule has 0 saturated carbocycles. The number of hydrazone groups is 2. The Morgan fingerprint density at radius 3 is 1.85 bits per heavy atom. The number of hydrogen-bond donors (Lipinski definition) is 3. The molecular weight excluding hydrogens is 532 g/mol. The van der Waals surface area contributed by atoms with Crippen molar-refractivity contribution in [2.45, 2.75) is 0 Å². The lowest BCUT2D eigenvalue weighted by atomic mass is 10.2. The first-order valence-electron chi connectivity index (χ1n) is 12.2. The SMILES string of the molecule is COc1ccccc1Nc1c(NN=Cc2ccc(OC)c(OC)c2)oc(=O)n1NN=Cc1ccc(OC)c(OC)c1. The summed E-state index contributed by atoms with van der Waals surface area (Å²) < 4.78 is 33.2. The smallest absolute Gasteiger partial charge is 0.443 e. The van der Waals surface area contributed by atoms with Crippen molar-refractivity contribution < 1.29 is 28.1 Å². The molecule has 0 radical (unpaired) electrons. The zero-order valence-corrected chi connectivity index (χ0v) is 23.1. The maximum Gasteiger partial charge on any atom is 0.443 e. The van der Waals surface area contributed by atoms with Gasteiger partial charge in [-0.15, -0.1) is 4.68 Å². The van der Waals surface area contributed by atoms with E-state index in [2.05, 4.69) is 26.5 Å². The Labute approximate surface area is 235 Å². The van der Waals surface area contributed by atoms with Crippen molar-refractivity contribution in [3.8, 4) is 28.7 Å². The average Bonchev–Trinajstić information content (AvgIpc) is 3.30. The van der Waals surface area contributed by atoms with Crippen LogP contribution in [0.5, 0.6) is 28.7 Å². The van der Waals surface area contributed by atoms with Gasteiger partial charge in [0.05, 0.1) is 53.7 Å². The highest BCUT2D eigenvalue weighted by atomic mass is 16.5. The van der Waals surface area contributed by atoms with Gasteiger partial charge in [0, 0.05) is 0 Å². The molecule has 41 heavy (non-hydrogen) atoms. The van der Waals surface area contributed by atoms with E-state index in [0.717, 1.165) is 4.68 Å². The van der Waals surface area contributed by atoms with Crippen LogP contribution in [0.15, 0.2) is 80.1 Å². The highest BCUT2D eigenvalue weighted by Gasteiger charge is 2.19. The Bertz CT molecular complexity index is 1600. The number of aromatic nitrogens is 1. The van der Waals surface area contributed by atoms with Gasteiger partial charge in [0.1, 0.15) is 5.75 Å². The summed E-state index contributed by atoms with van der Waals surface area (Å²) in [6.07, 6.45) is 3.05. The third-order valence-electron chi connectivity index (χ3n) is 5.74. The van der Waals surface area contributed by atoms with E-state index in [1.807, 2.05) is 12.1 Å². The molecule has 0 aliphatic carbocycles. The van der Waals surface area contributed by atoms with Crippen molar-refractivity contribution in [2.24, 2.45) is 10.2 Å². The van der Waals surface area contributed by atoms with Gasteiger partial charge in [-0.3, -0.25) is 0 Å². The first-order chi connectivity index (χ1) is 20.0. The second-order valence-corrected chi connectivity index (χ2v) is 8.16. The number of oxazole rings is 1. The van der Waals surface area contributed by atoms with Gasteiger partial charge in [0.25, 0.3) is 5.88 Å². The van der Waals surface area contributed by atoms with E-state index < -0.39 is 5.76 Å². The number of nitrogens with zero attached hydrogens (tertiary/aromatic N) is 3. The number of anilines is 3. The minimum Gasteiger partial charge on any atom is -0.495 e. The van der Waals surface area contributed by atoms with Gasteiger partial charge in [-0.1, -0.05) is 12.1 Å². The van der Waals surface area contributed by atoms with E-state index in [9.17, 15) is 4.79 Å². The number of methoxy groups -OCH3 is 5. The van der Waals surface area contributed by atoms with Crippen molar-refractivity contribution in [3.63, 3.8) is 0 Å². The fraction of sp³-hybridized carbons (Fsp3) is 0.179. The summed E-state index contributed by atoms with van der Waals surface area (Å²) in [7, 11) is 7.74. The van der Waals surface area contributed by atoms with Crippen molar-refractivity contribution >= 4 is 29.8 Å². The van der Waals surface area contributed by atoms with E-state index in [1.54, 1.807) is 84.1 Å². The van der Waals surface area contributed by atoms with E-state index in [-0.39, 0.29) is 11.7 Å². The molecule has 0 aliphatic heterocycles. The molecule has 0 atom stereocenters. The van der Waals surface area contributed by atoms with Gasteiger partial charge in [-0.25, -0.2) is 15.8 Å². The molecule has 4 aromatic rings. The summed E-state index contributed by atoms with van der Waals surface area (Å²) in [5, 5.41) is 11.6. The summed E-state index contributed by atoms with van der Waals surface area (Å²) in [5.74, 6) is 2.25. The molecule has 0 aliphatic rings. The van der Waals surface area contributed by atoms with Crippen molar-refractivity contribution in [2.75, 3.05) is 51.8 Å². The number of nitrogens with one attached hydrogen (secondary N) is 3. The topological polar surface area (TPSA) is 142 Å². The van der Waals surface area contributed by atoms with E-state index in [1.165, 1.54) is 12.4 Å². The molecule has 0 amide bonds. The summed E-state index contributed by atoms with van der Waals surface area (Å²) in [6.45, 7) is 0. The normalized spacial score (nSPS) is 11.0. The summed E-state index contributed by atoms with van der Waals surface area (Å²) >= 11 is 0. The highest BCUT2D eigenvalue weighted by Crippen LogP contribution is 2.31. The van der Waals surface area contributed by atoms with Crippen LogP contribution in [0.4, 0.5) is 17.4 Å². The Morgan fingerprint density at radius 1 is 0.707 bits per heavy atom. The molecule has 3 N–H and O–H groups in total. The lowest BCUT2D eigenvalue weighted by Crippen LogP contribution is -2.23. The van der Waals surface area contributed by atoms with Gasteiger partial charge < -0.3 is 33.4 Å². The molecule has 0 bridgehead atoms. The minimum atomic E-state index is -0.754. The number of benzene rings is 3. The molecule has 1 heterocycles. The van der Waals surface area contributed by atoms with Crippen LogP contribution >= 0.6 is 0 Å². The zero-order valence-electron chi connectivity index (χ0n) is 23.1. The maximum atomic E-state index is 12.8. The summed E-state index contributed by atoms with van der Waals surface area (Å²) in [4.78, 5) is 12.8. The Hall–Kier alpha value is -5.59. The van der Waals surface area contributed by atoms with Crippen LogP contribution in [-0.2, 0) is 0 Å². The fourth-order valence-corrected chi connectivity index (χ4v) is 3.72. The molecule has 0 spiro atoms. The van der Waals surface area contributed by atoms with E-state index in [0.29, 0.717) is 45.6 Å². The van der Waals surface area contributed by atoms with Gasteiger partial charge in [0.15, 0.2) is 23.0 Å². The third kappa shape index (κ3) is 6.71. The Morgan fingerprint density at radius 2 is 1.27 bits per heavy atom. The van der Waals surface area contributed by atoms with Crippen LogP contribution in [0.2, 0.25) is 0 Å². The van der Waals surface area contributed by atoms with Crippen LogP contribution in [0, 0.1) is 0 Å². The summed E-state index contributed by atoms with van der Waals surface area (Å²) in [6, 6.07) is 17.8.